The Kier molecular flexibility index (Phi) is 4.37. The highest BCUT2D eigenvalue weighted by Crippen LogP contribution is 2.23. The van der Waals surface area contributed by atoms with E-state index < -0.39 is 10.0 Å². The van der Waals surface area contributed by atoms with Crippen LogP contribution in [0.25, 0.3) is 0 Å². The predicted octanol–water partition coefficient (Wildman–Crippen LogP) is 2.86. The van der Waals surface area contributed by atoms with E-state index in [9.17, 15) is 8.42 Å². The van der Waals surface area contributed by atoms with Crippen molar-refractivity contribution in [1.29, 1.82) is 5.26 Å². The third kappa shape index (κ3) is 3.42. The van der Waals surface area contributed by atoms with Gasteiger partial charge in [0.2, 0.25) is 10.0 Å². The van der Waals surface area contributed by atoms with E-state index in [4.69, 9.17) is 5.26 Å². The largest absolute Gasteiger partial charge is 0.240 e. The summed E-state index contributed by atoms with van der Waals surface area (Å²) < 4.78 is 27.5. The highest BCUT2D eigenvalue weighted by Gasteiger charge is 2.15. The maximum Gasteiger partial charge on any atom is 0.240 e. The summed E-state index contributed by atoms with van der Waals surface area (Å²) in [5.41, 5.74) is 0.320. The van der Waals surface area contributed by atoms with Crippen LogP contribution in [0, 0.1) is 11.3 Å². The highest BCUT2D eigenvalue weighted by molar-refractivity contribution is 9.10. The van der Waals surface area contributed by atoms with Crippen molar-refractivity contribution in [3.05, 3.63) is 50.6 Å². The third-order valence-corrected chi connectivity index (χ3v) is 5.71. The van der Waals surface area contributed by atoms with Crippen LogP contribution in [0.3, 0.4) is 0 Å². The van der Waals surface area contributed by atoms with Crippen molar-refractivity contribution in [2.75, 3.05) is 0 Å². The summed E-state index contributed by atoms with van der Waals surface area (Å²) in [5.74, 6) is 0. The third-order valence-electron chi connectivity index (χ3n) is 2.39. The Balaban J connectivity index is 2.19. The van der Waals surface area contributed by atoms with Crippen LogP contribution < -0.4 is 4.72 Å². The van der Waals surface area contributed by atoms with Gasteiger partial charge in [-0.1, -0.05) is 6.07 Å². The Morgan fingerprint density at radius 2 is 2.16 bits per heavy atom. The fraction of sp³-hybridized carbons (Fsp3) is 0.0833. The molecule has 1 N–H and O–H groups in total. The monoisotopic (exact) mass is 356 g/mol. The molecule has 0 bridgehead atoms. The molecule has 0 spiro atoms. The van der Waals surface area contributed by atoms with Crippen molar-refractivity contribution in [2.45, 2.75) is 11.4 Å². The lowest BCUT2D eigenvalue weighted by Crippen LogP contribution is -2.23. The molecule has 0 aliphatic carbocycles. The summed E-state index contributed by atoms with van der Waals surface area (Å²) in [7, 11) is -3.60. The van der Waals surface area contributed by atoms with Gasteiger partial charge in [0.25, 0.3) is 0 Å². The Morgan fingerprint density at radius 1 is 1.37 bits per heavy atom. The molecule has 2 aromatic rings. The summed E-state index contributed by atoms with van der Waals surface area (Å²) in [6.45, 7) is 0.220. The second kappa shape index (κ2) is 5.84. The molecule has 0 radical (unpaired) electrons. The molecule has 0 aliphatic rings. The molecular formula is C12H9BrN2O2S2. The Bertz CT molecular complexity index is 732. The van der Waals surface area contributed by atoms with Crippen LogP contribution >= 0.6 is 27.3 Å². The first-order valence-electron chi connectivity index (χ1n) is 5.24. The lowest BCUT2D eigenvalue weighted by atomic mass is 10.2. The zero-order valence-corrected chi connectivity index (χ0v) is 12.8. The number of halogens is 1. The average Bonchev–Trinajstić information content (AvgIpc) is 2.82. The highest BCUT2D eigenvalue weighted by atomic mass is 79.9. The lowest BCUT2D eigenvalue weighted by molar-refractivity contribution is 0.581. The molecule has 0 saturated carbocycles. The van der Waals surface area contributed by atoms with Gasteiger partial charge in [0.1, 0.15) is 0 Å². The van der Waals surface area contributed by atoms with Crippen LogP contribution in [0.2, 0.25) is 0 Å². The Morgan fingerprint density at radius 3 is 2.79 bits per heavy atom. The van der Waals surface area contributed by atoms with E-state index in [1.807, 2.05) is 17.5 Å². The number of nitrogens with zero attached hydrogens (tertiary/aromatic N) is 1. The molecule has 2 rings (SSSR count). The quantitative estimate of drug-likeness (QED) is 0.915. The van der Waals surface area contributed by atoms with Crippen LogP contribution in [0.1, 0.15) is 10.4 Å². The number of nitriles is 1. The van der Waals surface area contributed by atoms with Gasteiger partial charge in [0.15, 0.2) is 0 Å². The van der Waals surface area contributed by atoms with Crippen molar-refractivity contribution >= 4 is 37.3 Å². The standard InChI is InChI=1S/C12H9BrN2O2S2/c13-11-4-5-18-12(11)8-15-19(16,17)10-3-1-2-9(6-10)7-14/h1-6,15H,8H2. The second-order valence-electron chi connectivity index (χ2n) is 3.66. The lowest BCUT2D eigenvalue weighted by Gasteiger charge is -2.06. The summed E-state index contributed by atoms with van der Waals surface area (Å²) in [5, 5.41) is 10.7. The van der Waals surface area contributed by atoms with Gasteiger partial charge in [0.05, 0.1) is 16.5 Å². The maximum atomic E-state index is 12.1. The van der Waals surface area contributed by atoms with Gasteiger partial charge in [0, 0.05) is 15.9 Å². The van der Waals surface area contributed by atoms with Gasteiger partial charge in [-0.25, -0.2) is 13.1 Å². The van der Waals surface area contributed by atoms with Gasteiger partial charge in [-0.3, -0.25) is 0 Å². The molecular weight excluding hydrogens is 348 g/mol. The maximum absolute atomic E-state index is 12.1. The summed E-state index contributed by atoms with van der Waals surface area (Å²) >= 11 is 4.81. The van der Waals surface area contributed by atoms with E-state index in [0.717, 1.165) is 9.35 Å². The Hall–Kier alpha value is -1.20. The molecule has 0 unspecified atom stereocenters. The number of thiophene rings is 1. The summed E-state index contributed by atoms with van der Waals surface area (Å²) in [4.78, 5) is 0.999. The zero-order chi connectivity index (χ0) is 13.9. The van der Waals surface area contributed by atoms with E-state index in [1.165, 1.54) is 23.5 Å². The topological polar surface area (TPSA) is 70.0 Å². The fourth-order valence-corrected chi connectivity index (χ4v) is 3.99. The molecule has 0 aliphatic heterocycles. The molecule has 0 fully saturated rings. The first kappa shape index (κ1) is 14.2. The van der Waals surface area contributed by atoms with Crippen molar-refractivity contribution < 1.29 is 8.42 Å². The number of hydrogen-bond acceptors (Lipinski definition) is 4. The molecule has 0 saturated heterocycles. The number of sulfonamides is 1. The van der Waals surface area contributed by atoms with Crippen LogP contribution in [0.5, 0.6) is 0 Å². The van der Waals surface area contributed by atoms with Crippen molar-refractivity contribution in [2.24, 2.45) is 0 Å². The molecule has 1 aromatic heterocycles. The smallest absolute Gasteiger partial charge is 0.207 e. The van der Waals surface area contributed by atoms with Gasteiger partial charge in [-0.2, -0.15) is 5.26 Å². The number of nitrogens with one attached hydrogen (secondary N) is 1. The second-order valence-corrected chi connectivity index (χ2v) is 7.28. The molecule has 0 amide bonds. The first-order valence-corrected chi connectivity index (χ1v) is 8.40. The molecule has 4 nitrogen and oxygen atoms in total. The molecule has 7 heteroatoms. The van der Waals surface area contributed by atoms with E-state index >= 15 is 0 Å². The minimum absolute atomic E-state index is 0.0965. The molecule has 1 aromatic carbocycles. The first-order chi connectivity index (χ1) is 9.03. The molecule has 98 valence electrons. The van der Waals surface area contributed by atoms with Crippen LogP contribution in [0.4, 0.5) is 0 Å². The van der Waals surface area contributed by atoms with E-state index in [0.29, 0.717) is 5.56 Å². The van der Waals surface area contributed by atoms with Crippen LogP contribution in [0.15, 0.2) is 45.1 Å². The van der Waals surface area contributed by atoms with Gasteiger partial charge < -0.3 is 0 Å². The number of hydrogen-bond donors (Lipinski definition) is 1. The predicted molar refractivity (Wildman–Crippen MR) is 77.2 cm³/mol. The van der Waals surface area contributed by atoms with Crippen LogP contribution in [-0.4, -0.2) is 8.42 Å². The molecule has 19 heavy (non-hydrogen) atoms. The Labute approximate surface area is 123 Å². The fourth-order valence-electron chi connectivity index (χ4n) is 1.43. The minimum Gasteiger partial charge on any atom is -0.207 e. The van der Waals surface area contributed by atoms with Gasteiger partial charge >= 0.3 is 0 Å². The van der Waals surface area contributed by atoms with E-state index in [2.05, 4.69) is 20.7 Å². The number of benzene rings is 1. The summed E-state index contributed by atoms with van der Waals surface area (Å²) in [6, 6.07) is 9.72. The number of rotatable bonds is 4. The van der Waals surface area contributed by atoms with Gasteiger partial charge in [-0.05, 0) is 45.6 Å². The van der Waals surface area contributed by atoms with E-state index in [-0.39, 0.29) is 11.4 Å². The average molecular weight is 357 g/mol. The van der Waals surface area contributed by atoms with Crippen molar-refractivity contribution in [3.63, 3.8) is 0 Å². The zero-order valence-electron chi connectivity index (χ0n) is 9.63. The minimum atomic E-state index is -3.60. The summed E-state index contributed by atoms with van der Waals surface area (Å²) in [6.07, 6.45) is 0. The molecule has 0 atom stereocenters. The molecule has 1 heterocycles. The van der Waals surface area contributed by atoms with Crippen molar-refractivity contribution in [1.82, 2.24) is 4.72 Å². The van der Waals surface area contributed by atoms with E-state index in [1.54, 1.807) is 12.1 Å². The van der Waals surface area contributed by atoms with Crippen LogP contribution in [-0.2, 0) is 16.6 Å². The van der Waals surface area contributed by atoms with Gasteiger partial charge in [-0.15, -0.1) is 11.3 Å². The SMILES string of the molecule is N#Cc1cccc(S(=O)(=O)NCc2sccc2Br)c1. The normalized spacial score (nSPS) is 11.2. The van der Waals surface area contributed by atoms with Crippen molar-refractivity contribution in [3.8, 4) is 6.07 Å².